The van der Waals surface area contributed by atoms with Crippen LogP contribution in [0, 0.1) is 0 Å². The zero-order chi connectivity index (χ0) is 25.3. The molecular formula is C25H38N2O7S. The molecule has 0 radical (unpaired) electrons. The lowest BCUT2D eigenvalue weighted by atomic mass is 9.88. The average molecular weight is 511 g/mol. The van der Waals surface area contributed by atoms with Gasteiger partial charge in [-0.25, -0.2) is 13.2 Å². The molecule has 2 aliphatic heterocycles. The van der Waals surface area contributed by atoms with Crippen molar-refractivity contribution in [3.63, 3.8) is 0 Å². The number of aliphatic hydroxyl groups excluding tert-OH is 1. The van der Waals surface area contributed by atoms with Gasteiger partial charge in [-0.15, -0.1) is 0 Å². The second kappa shape index (κ2) is 10.2. The van der Waals surface area contributed by atoms with E-state index in [0.29, 0.717) is 31.6 Å². The second-order valence-corrected chi connectivity index (χ2v) is 13.1. The zero-order valence-corrected chi connectivity index (χ0v) is 21.7. The van der Waals surface area contributed by atoms with E-state index >= 15 is 0 Å². The van der Waals surface area contributed by atoms with Gasteiger partial charge in [0.15, 0.2) is 9.84 Å². The number of nitrogens with zero attached hydrogens (tertiary/aromatic N) is 1. The fourth-order valence-corrected chi connectivity index (χ4v) is 6.42. The lowest BCUT2D eigenvalue weighted by Crippen LogP contribution is -2.49. The molecule has 1 spiro atoms. The van der Waals surface area contributed by atoms with Gasteiger partial charge in [-0.05, 0) is 84.2 Å². The molecule has 0 bridgehead atoms. The third-order valence-corrected chi connectivity index (χ3v) is 8.98. The van der Waals surface area contributed by atoms with E-state index in [-0.39, 0.29) is 34.9 Å². The van der Waals surface area contributed by atoms with Crippen LogP contribution < -0.4 is 10.1 Å². The molecule has 4 rings (SSSR count). The molecule has 9 nitrogen and oxygen atoms in total. The summed E-state index contributed by atoms with van der Waals surface area (Å²) in [6, 6.07) is 6.16. The monoisotopic (exact) mass is 510 g/mol. The first kappa shape index (κ1) is 26.2. The molecule has 3 aliphatic rings. The van der Waals surface area contributed by atoms with Gasteiger partial charge in [-0.2, -0.15) is 0 Å². The average Bonchev–Trinajstić information content (AvgIpc) is 3.59. The summed E-state index contributed by atoms with van der Waals surface area (Å²) < 4.78 is 42.6. The highest BCUT2D eigenvalue weighted by atomic mass is 32.2. The lowest BCUT2D eigenvalue weighted by molar-refractivity contribution is -0.0227. The quantitative estimate of drug-likeness (QED) is 0.548. The minimum atomic E-state index is -3.33. The highest BCUT2D eigenvalue weighted by Gasteiger charge is 2.45. The molecule has 2 saturated heterocycles. The molecule has 2 heterocycles. The molecule has 1 aliphatic carbocycles. The third-order valence-electron chi connectivity index (χ3n) is 6.72. The molecule has 1 aromatic carbocycles. The molecule has 10 heteroatoms. The molecule has 1 saturated carbocycles. The number of carbonyl (C=O) groups excluding carboxylic acids is 1. The summed E-state index contributed by atoms with van der Waals surface area (Å²) in [4.78, 5) is 14.9. The molecule has 0 unspecified atom stereocenters. The largest absolute Gasteiger partial charge is 0.491 e. The summed E-state index contributed by atoms with van der Waals surface area (Å²) in [7, 11) is -3.33. The number of hydrogen-bond acceptors (Lipinski definition) is 8. The fourth-order valence-electron chi connectivity index (χ4n) is 4.73. The van der Waals surface area contributed by atoms with E-state index in [4.69, 9.17) is 14.2 Å². The van der Waals surface area contributed by atoms with E-state index in [0.717, 1.165) is 25.9 Å². The van der Waals surface area contributed by atoms with Gasteiger partial charge in [-0.1, -0.05) is 6.07 Å². The van der Waals surface area contributed by atoms with Crippen LogP contribution in [0.15, 0.2) is 29.2 Å². The SMILES string of the molecule is CC(C)(C)OC(=O)N(C[C@H](O)COc1cccc(S(=O)(=O)C2CC2)c1)[C@H]1COC2(CCNCC2)C1. The minimum Gasteiger partial charge on any atom is -0.491 e. The van der Waals surface area contributed by atoms with Crippen LogP contribution >= 0.6 is 0 Å². The Balaban J connectivity index is 1.40. The molecule has 2 N–H and O–H groups in total. The topological polar surface area (TPSA) is 114 Å². The summed E-state index contributed by atoms with van der Waals surface area (Å²) in [5.74, 6) is 0.368. The van der Waals surface area contributed by atoms with Crippen molar-refractivity contribution in [3.05, 3.63) is 24.3 Å². The van der Waals surface area contributed by atoms with Crippen LogP contribution in [0.25, 0.3) is 0 Å². The summed E-state index contributed by atoms with van der Waals surface area (Å²) in [6.07, 6.45) is 2.37. The number of piperidine rings is 1. The van der Waals surface area contributed by atoms with Gasteiger partial charge in [0.2, 0.25) is 0 Å². The Hall–Kier alpha value is -1.88. The van der Waals surface area contributed by atoms with Gasteiger partial charge in [0.05, 0.1) is 34.9 Å². The molecule has 2 atom stereocenters. The second-order valence-electron chi connectivity index (χ2n) is 10.9. The predicted octanol–water partition coefficient (Wildman–Crippen LogP) is 2.51. The number of hydrogen-bond donors (Lipinski definition) is 2. The number of carbonyl (C=O) groups is 1. The van der Waals surface area contributed by atoms with E-state index in [1.165, 1.54) is 6.07 Å². The predicted molar refractivity (Wildman–Crippen MR) is 130 cm³/mol. The molecule has 0 aromatic heterocycles. The molecule has 3 fully saturated rings. The van der Waals surface area contributed by atoms with Crippen LogP contribution in [0.5, 0.6) is 5.75 Å². The summed E-state index contributed by atoms with van der Waals surface area (Å²) >= 11 is 0. The number of rotatable bonds is 8. The van der Waals surface area contributed by atoms with Crippen molar-refractivity contribution in [2.24, 2.45) is 0 Å². The standard InChI is InChI=1S/C25H38N2O7S/c1-24(2,3)34-23(29)27(18-14-25(33-16-18)9-11-26-12-10-25)15-19(28)17-32-20-5-4-6-22(13-20)35(30,31)21-7-8-21/h4-6,13,18-19,21,26,28H,7-12,14-17H2,1-3H3/t18-,19+/m1/s1. The highest BCUT2D eigenvalue weighted by Crippen LogP contribution is 2.37. The highest BCUT2D eigenvalue weighted by molar-refractivity contribution is 7.92. The maximum absolute atomic E-state index is 13.1. The number of aliphatic hydroxyl groups is 1. The lowest BCUT2D eigenvalue weighted by Gasteiger charge is -2.35. The number of benzene rings is 1. The number of nitrogens with one attached hydrogen (secondary N) is 1. The molecule has 1 amide bonds. The number of amides is 1. The van der Waals surface area contributed by atoms with Crippen LogP contribution in [0.4, 0.5) is 4.79 Å². The maximum Gasteiger partial charge on any atom is 0.410 e. The van der Waals surface area contributed by atoms with Crippen molar-refractivity contribution in [3.8, 4) is 5.75 Å². The Kier molecular flexibility index (Phi) is 7.66. The van der Waals surface area contributed by atoms with E-state index in [1.54, 1.807) is 23.1 Å². The molecular weight excluding hydrogens is 472 g/mol. The Labute approximate surface area is 208 Å². The zero-order valence-electron chi connectivity index (χ0n) is 20.9. The summed E-state index contributed by atoms with van der Waals surface area (Å²) in [5, 5.41) is 13.8. The van der Waals surface area contributed by atoms with Crippen molar-refractivity contribution in [2.75, 3.05) is 32.8 Å². The van der Waals surface area contributed by atoms with Crippen LogP contribution in [0.3, 0.4) is 0 Å². The van der Waals surface area contributed by atoms with E-state index in [1.807, 2.05) is 20.8 Å². The van der Waals surface area contributed by atoms with Gasteiger partial charge >= 0.3 is 6.09 Å². The normalized spacial score (nSPS) is 23.1. The molecule has 35 heavy (non-hydrogen) atoms. The van der Waals surface area contributed by atoms with Crippen LogP contribution in [-0.4, -0.2) is 86.0 Å². The van der Waals surface area contributed by atoms with E-state index in [2.05, 4.69) is 5.32 Å². The fraction of sp³-hybridized carbons (Fsp3) is 0.720. The van der Waals surface area contributed by atoms with Crippen molar-refractivity contribution >= 4 is 15.9 Å². The smallest absolute Gasteiger partial charge is 0.410 e. The summed E-state index contributed by atoms with van der Waals surface area (Å²) in [5.41, 5.74) is -0.915. The minimum absolute atomic E-state index is 0.0251. The first-order chi connectivity index (χ1) is 16.5. The maximum atomic E-state index is 13.1. The first-order valence-corrected chi connectivity index (χ1v) is 14.0. The molecule has 196 valence electrons. The van der Waals surface area contributed by atoms with E-state index < -0.39 is 27.6 Å². The van der Waals surface area contributed by atoms with Crippen LogP contribution in [0.2, 0.25) is 0 Å². The van der Waals surface area contributed by atoms with Gasteiger partial charge < -0.3 is 29.5 Å². The van der Waals surface area contributed by atoms with Gasteiger partial charge in [0.25, 0.3) is 0 Å². The Morgan fingerprint density at radius 2 is 2.00 bits per heavy atom. The number of sulfone groups is 1. The van der Waals surface area contributed by atoms with Crippen LogP contribution in [-0.2, 0) is 19.3 Å². The van der Waals surface area contributed by atoms with Gasteiger partial charge in [-0.3, -0.25) is 0 Å². The Bertz CT molecular complexity index is 997. The number of ether oxygens (including phenoxy) is 3. The van der Waals surface area contributed by atoms with Gasteiger partial charge in [0, 0.05) is 0 Å². The summed E-state index contributed by atoms with van der Waals surface area (Å²) in [6.45, 7) is 7.52. The Morgan fingerprint density at radius 1 is 1.29 bits per heavy atom. The first-order valence-electron chi connectivity index (χ1n) is 12.5. The Morgan fingerprint density at radius 3 is 2.66 bits per heavy atom. The van der Waals surface area contributed by atoms with Crippen molar-refractivity contribution < 1.29 is 32.5 Å². The molecule has 1 aromatic rings. The van der Waals surface area contributed by atoms with E-state index in [9.17, 15) is 18.3 Å². The van der Waals surface area contributed by atoms with Crippen molar-refractivity contribution in [1.29, 1.82) is 0 Å². The van der Waals surface area contributed by atoms with Gasteiger partial charge in [0.1, 0.15) is 24.1 Å². The van der Waals surface area contributed by atoms with Crippen molar-refractivity contribution in [1.82, 2.24) is 10.2 Å². The van der Waals surface area contributed by atoms with Crippen LogP contribution in [0.1, 0.15) is 52.9 Å². The third kappa shape index (κ3) is 6.67. The van der Waals surface area contributed by atoms with Crippen molar-refractivity contribution in [2.45, 2.75) is 86.4 Å².